The highest BCUT2D eigenvalue weighted by Gasteiger charge is 2.33. The predicted octanol–water partition coefficient (Wildman–Crippen LogP) is 4.94. The third-order valence-electron chi connectivity index (χ3n) is 3.11. The van der Waals surface area contributed by atoms with Gasteiger partial charge in [-0.05, 0) is 43.7 Å². The minimum atomic E-state index is -4.55. The van der Waals surface area contributed by atoms with Gasteiger partial charge in [-0.15, -0.1) is 0 Å². The summed E-state index contributed by atoms with van der Waals surface area (Å²) in [7, 11) is 0. The molecular weight excluding hydrogens is 277 g/mol. The van der Waals surface area contributed by atoms with Crippen LogP contribution in [-0.4, -0.2) is 0 Å². The third-order valence-corrected chi connectivity index (χ3v) is 3.11. The van der Waals surface area contributed by atoms with Crippen molar-refractivity contribution in [3.63, 3.8) is 0 Å². The first-order valence-corrected chi connectivity index (χ1v) is 6.27. The van der Waals surface area contributed by atoms with E-state index in [4.69, 9.17) is 5.26 Å². The lowest BCUT2D eigenvalue weighted by Crippen LogP contribution is -2.08. The quantitative estimate of drug-likeness (QED) is 0.850. The molecule has 0 unspecified atom stereocenters. The Morgan fingerprint density at radius 3 is 2.33 bits per heavy atom. The molecule has 0 bridgehead atoms. The average molecular weight is 290 g/mol. The topological polar surface area (TPSA) is 35.8 Å². The summed E-state index contributed by atoms with van der Waals surface area (Å²) in [5, 5.41) is 11.7. The Hall–Kier alpha value is -2.48. The maximum atomic E-state index is 12.9. The summed E-state index contributed by atoms with van der Waals surface area (Å²) in [5.74, 6) is 0. The van der Waals surface area contributed by atoms with Gasteiger partial charge in [0.1, 0.15) is 0 Å². The predicted molar refractivity (Wildman–Crippen MR) is 75.4 cm³/mol. The van der Waals surface area contributed by atoms with Crippen molar-refractivity contribution in [1.29, 1.82) is 5.26 Å². The SMILES string of the molecule is Cc1ccc(Nc2ccc(C#N)c(C(F)(F)F)c2)c(C)c1. The van der Waals surface area contributed by atoms with Crippen molar-refractivity contribution < 1.29 is 13.2 Å². The summed E-state index contributed by atoms with van der Waals surface area (Å²) >= 11 is 0. The summed E-state index contributed by atoms with van der Waals surface area (Å²) in [6.45, 7) is 3.82. The Kier molecular flexibility index (Phi) is 3.90. The fraction of sp³-hybridized carbons (Fsp3) is 0.188. The van der Waals surface area contributed by atoms with Crippen molar-refractivity contribution in [2.24, 2.45) is 0 Å². The monoisotopic (exact) mass is 290 g/mol. The van der Waals surface area contributed by atoms with Crippen molar-refractivity contribution in [2.45, 2.75) is 20.0 Å². The van der Waals surface area contributed by atoms with E-state index in [1.807, 2.05) is 32.0 Å². The highest BCUT2D eigenvalue weighted by atomic mass is 19.4. The first-order valence-electron chi connectivity index (χ1n) is 6.27. The molecule has 0 radical (unpaired) electrons. The lowest BCUT2D eigenvalue weighted by molar-refractivity contribution is -0.137. The zero-order chi connectivity index (χ0) is 15.6. The number of rotatable bonds is 2. The van der Waals surface area contributed by atoms with Gasteiger partial charge in [-0.25, -0.2) is 0 Å². The van der Waals surface area contributed by atoms with Crippen molar-refractivity contribution >= 4 is 11.4 Å². The molecule has 2 rings (SSSR count). The molecule has 0 aliphatic carbocycles. The van der Waals surface area contributed by atoms with Gasteiger partial charge in [0.25, 0.3) is 0 Å². The van der Waals surface area contributed by atoms with Crippen molar-refractivity contribution in [2.75, 3.05) is 5.32 Å². The van der Waals surface area contributed by atoms with Crippen LogP contribution in [0.5, 0.6) is 0 Å². The number of hydrogen-bond donors (Lipinski definition) is 1. The number of hydrogen-bond acceptors (Lipinski definition) is 2. The lowest BCUT2D eigenvalue weighted by Gasteiger charge is -2.14. The van der Waals surface area contributed by atoms with Gasteiger partial charge >= 0.3 is 6.18 Å². The summed E-state index contributed by atoms with van der Waals surface area (Å²) in [5.41, 5.74) is 1.74. The highest BCUT2D eigenvalue weighted by molar-refractivity contribution is 5.65. The van der Waals surface area contributed by atoms with Gasteiger partial charge in [0.05, 0.1) is 17.2 Å². The van der Waals surface area contributed by atoms with E-state index in [0.717, 1.165) is 22.9 Å². The minimum absolute atomic E-state index is 0.299. The van der Waals surface area contributed by atoms with Gasteiger partial charge < -0.3 is 5.32 Å². The first kappa shape index (κ1) is 14.9. The van der Waals surface area contributed by atoms with Crippen LogP contribution in [0.4, 0.5) is 24.5 Å². The molecule has 0 aliphatic heterocycles. The Labute approximate surface area is 120 Å². The van der Waals surface area contributed by atoms with Crippen LogP contribution < -0.4 is 5.32 Å². The molecule has 0 saturated heterocycles. The molecule has 2 aromatic rings. The van der Waals surface area contributed by atoms with Crippen LogP contribution in [-0.2, 0) is 6.18 Å². The van der Waals surface area contributed by atoms with E-state index in [-0.39, 0.29) is 5.56 Å². The molecule has 0 heterocycles. The normalized spacial score (nSPS) is 11.0. The number of benzene rings is 2. The second kappa shape index (κ2) is 5.49. The van der Waals surface area contributed by atoms with Gasteiger partial charge in [0.2, 0.25) is 0 Å². The van der Waals surface area contributed by atoms with Crippen LogP contribution in [0.2, 0.25) is 0 Å². The van der Waals surface area contributed by atoms with Crippen molar-refractivity contribution in [3.05, 3.63) is 58.7 Å². The van der Waals surface area contributed by atoms with Gasteiger partial charge in [-0.3, -0.25) is 0 Å². The smallest absolute Gasteiger partial charge is 0.355 e. The van der Waals surface area contributed by atoms with Gasteiger partial charge in [0, 0.05) is 11.4 Å². The van der Waals surface area contributed by atoms with E-state index >= 15 is 0 Å². The van der Waals surface area contributed by atoms with Crippen LogP contribution in [0.25, 0.3) is 0 Å². The molecule has 2 nitrogen and oxygen atoms in total. The summed E-state index contributed by atoms with van der Waals surface area (Å²) in [4.78, 5) is 0. The van der Waals surface area contributed by atoms with E-state index < -0.39 is 11.7 Å². The molecule has 0 saturated carbocycles. The molecule has 0 atom stereocenters. The standard InChI is InChI=1S/C16H13F3N2/c1-10-3-6-15(11(2)7-10)21-13-5-4-12(9-20)14(8-13)16(17,18)19/h3-8,21H,1-2H3. The largest absolute Gasteiger partial charge is 0.417 e. The number of aryl methyl sites for hydroxylation is 2. The Bertz CT molecular complexity index is 712. The van der Waals surface area contributed by atoms with Crippen LogP contribution in [0.3, 0.4) is 0 Å². The number of alkyl halides is 3. The fourth-order valence-electron chi connectivity index (χ4n) is 2.06. The molecule has 0 fully saturated rings. The Morgan fingerprint density at radius 1 is 1.05 bits per heavy atom. The maximum absolute atomic E-state index is 12.9. The fourth-order valence-corrected chi connectivity index (χ4v) is 2.06. The van der Waals surface area contributed by atoms with Crippen LogP contribution in [0, 0.1) is 25.2 Å². The molecule has 0 aromatic heterocycles. The molecule has 2 aromatic carbocycles. The molecular formula is C16H13F3N2. The third kappa shape index (κ3) is 3.34. The molecule has 0 amide bonds. The van der Waals surface area contributed by atoms with Crippen molar-refractivity contribution in [1.82, 2.24) is 0 Å². The number of nitrogens with one attached hydrogen (secondary N) is 1. The molecule has 108 valence electrons. The zero-order valence-corrected chi connectivity index (χ0v) is 11.5. The van der Waals surface area contributed by atoms with Gasteiger partial charge in [-0.2, -0.15) is 18.4 Å². The molecule has 5 heteroatoms. The molecule has 0 spiro atoms. The second-order valence-corrected chi connectivity index (χ2v) is 4.81. The van der Waals surface area contributed by atoms with Crippen LogP contribution in [0.1, 0.15) is 22.3 Å². The van der Waals surface area contributed by atoms with Gasteiger partial charge in [-0.1, -0.05) is 17.7 Å². The Balaban J connectivity index is 2.40. The van der Waals surface area contributed by atoms with E-state index in [0.29, 0.717) is 5.69 Å². The summed E-state index contributed by atoms with van der Waals surface area (Å²) < 4.78 is 38.7. The maximum Gasteiger partial charge on any atom is 0.417 e. The average Bonchev–Trinajstić information content (AvgIpc) is 2.41. The number of nitrogens with zero attached hydrogens (tertiary/aromatic N) is 1. The zero-order valence-electron chi connectivity index (χ0n) is 11.5. The molecule has 1 N–H and O–H groups in total. The number of anilines is 2. The Morgan fingerprint density at radius 2 is 1.76 bits per heavy atom. The second-order valence-electron chi connectivity index (χ2n) is 4.81. The van der Waals surface area contributed by atoms with E-state index in [1.165, 1.54) is 12.1 Å². The first-order chi connectivity index (χ1) is 9.81. The van der Waals surface area contributed by atoms with Crippen LogP contribution in [0.15, 0.2) is 36.4 Å². The number of halogens is 3. The van der Waals surface area contributed by atoms with E-state index in [9.17, 15) is 13.2 Å². The minimum Gasteiger partial charge on any atom is -0.355 e. The lowest BCUT2D eigenvalue weighted by atomic mass is 10.1. The molecule has 0 aliphatic rings. The van der Waals surface area contributed by atoms with Crippen molar-refractivity contribution in [3.8, 4) is 6.07 Å². The van der Waals surface area contributed by atoms with E-state index in [1.54, 1.807) is 6.07 Å². The van der Waals surface area contributed by atoms with Gasteiger partial charge in [0.15, 0.2) is 0 Å². The summed E-state index contributed by atoms with van der Waals surface area (Å²) in [6, 6.07) is 10.8. The molecule has 21 heavy (non-hydrogen) atoms. The van der Waals surface area contributed by atoms with Crippen LogP contribution >= 0.6 is 0 Å². The number of nitriles is 1. The highest BCUT2D eigenvalue weighted by Crippen LogP contribution is 2.34. The van der Waals surface area contributed by atoms with E-state index in [2.05, 4.69) is 5.32 Å². The summed E-state index contributed by atoms with van der Waals surface area (Å²) in [6.07, 6.45) is -4.55.